The minimum Gasteiger partial charge on any atom is -0.493 e. The molecule has 0 amide bonds. The van der Waals surface area contributed by atoms with Gasteiger partial charge in [-0.3, -0.25) is 0 Å². The van der Waals surface area contributed by atoms with Crippen molar-refractivity contribution in [1.82, 2.24) is 0 Å². The summed E-state index contributed by atoms with van der Waals surface area (Å²) in [6.45, 7) is 12.7. The lowest BCUT2D eigenvalue weighted by Gasteiger charge is -2.30. The molecule has 0 aromatic rings. The van der Waals surface area contributed by atoms with E-state index in [1.165, 1.54) is 5.57 Å². The maximum Gasteiger partial charge on any atom is 0.157 e. The highest BCUT2D eigenvalue weighted by Crippen LogP contribution is 2.41. The summed E-state index contributed by atoms with van der Waals surface area (Å²) in [7, 11) is 0. The highest BCUT2D eigenvalue weighted by Gasteiger charge is 2.35. The van der Waals surface area contributed by atoms with Crippen molar-refractivity contribution in [3.63, 3.8) is 0 Å². The second-order valence-corrected chi connectivity index (χ2v) is 7.98. The van der Waals surface area contributed by atoms with Gasteiger partial charge in [0.25, 0.3) is 0 Å². The van der Waals surface area contributed by atoms with E-state index in [2.05, 4.69) is 65.0 Å². The van der Waals surface area contributed by atoms with Crippen molar-refractivity contribution >= 4 is 0 Å². The second-order valence-electron chi connectivity index (χ2n) is 7.98. The molecule has 120 valence electrons. The van der Waals surface area contributed by atoms with Crippen LogP contribution in [0.1, 0.15) is 34.6 Å². The molecule has 3 rings (SSSR count). The minimum absolute atomic E-state index is 0.199. The molecule has 0 spiro atoms. The Balaban J connectivity index is 1.88. The fraction of sp³-hybridized carbons (Fsp3) is 0.600. The first-order chi connectivity index (χ1) is 10.4. The quantitative estimate of drug-likeness (QED) is 0.595. The van der Waals surface area contributed by atoms with Gasteiger partial charge in [-0.25, -0.2) is 0 Å². The second kappa shape index (κ2) is 5.64. The fourth-order valence-electron chi connectivity index (χ4n) is 3.30. The van der Waals surface area contributed by atoms with Crippen LogP contribution in [-0.2, 0) is 9.47 Å². The van der Waals surface area contributed by atoms with Crippen LogP contribution >= 0.6 is 0 Å². The first kappa shape index (κ1) is 15.5. The Morgan fingerprint density at radius 3 is 2.45 bits per heavy atom. The molecule has 22 heavy (non-hydrogen) atoms. The molecule has 3 aliphatic rings. The Kier molecular flexibility index (Phi) is 3.96. The van der Waals surface area contributed by atoms with Gasteiger partial charge in [0.2, 0.25) is 0 Å². The molecular formula is C20H28O2. The number of allylic oxidation sites excluding steroid dienone is 7. The Bertz CT molecular complexity index is 557. The molecule has 0 aromatic carbocycles. The molecule has 2 nitrogen and oxygen atoms in total. The van der Waals surface area contributed by atoms with Crippen LogP contribution in [0.5, 0.6) is 0 Å². The van der Waals surface area contributed by atoms with Gasteiger partial charge in [-0.05, 0) is 23.0 Å². The normalized spacial score (nSPS) is 34.7. The van der Waals surface area contributed by atoms with Gasteiger partial charge in [0.1, 0.15) is 5.76 Å². The molecule has 0 radical (unpaired) electrons. The topological polar surface area (TPSA) is 18.5 Å². The van der Waals surface area contributed by atoms with Crippen LogP contribution < -0.4 is 0 Å². The van der Waals surface area contributed by atoms with E-state index in [1.807, 2.05) is 0 Å². The van der Waals surface area contributed by atoms with Gasteiger partial charge < -0.3 is 9.47 Å². The van der Waals surface area contributed by atoms with E-state index < -0.39 is 0 Å². The highest BCUT2D eigenvalue weighted by atomic mass is 16.5. The third-order valence-corrected chi connectivity index (χ3v) is 5.20. The molecule has 0 N–H and O–H groups in total. The fourth-order valence-corrected chi connectivity index (χ4v) is 3.30. The number of hydrogen-bond donors (Lipinski definition) is 0. The summed E-state index contributed by atoms with van der Waals surface area (Å²) in [6.07, 6.45) is 11.3. The van der Waals surface area contributed by atoms with Crippen LogP contribution in [0.3, 0.4) is 0 Å². The lowest BCUT2D eigenvalue weighted by molar-refractivity contribution is 0.0658. The molecular weight excluding hydrogens is 272 g/mol. The van der Waals surface area contributed by atoms with Crippen molar-refractivity contribution in [2.24, 2.45) is 29.1 Å². The maximum absolute atomic E-state index is 6.23. The zero-order valence-corrected chi connectivity index (χ0v) is 14.4. The van der Waals surface area contributed by atoms with Crippen LogP contribution in [0.2, 0.25) is 0 Å². The lowest BCUT2D eigenvalue weighted by Crippen LogP contribution is -2.28. The third-order valence-electron chi connectivity index (χ3n) is 5.20. The Labute approximate surface area is 134 Å². The maximum atomic E-state index is 6.23. The van der Waals surface area contributed by atoms with Gasteiger partial charge in [-0.2, -0.15) is 0 Å². The van der Waals surface area contributed by atoms with E-state index in [1.54, 1.807) is 0 Å². The molecule has 4 atom stereocenters. The number of rotatable bonds is 0. The number of hydrogen-bond acceptors (Lipinski definition) is 2. The van der Waals surface area contributed by atoms with Crippen molar-refractivity contribution < 1.29 is 9.47 Å². The van der Waals surface area contributed by atoms with E-state index in [9.17, 15) is 0 Å². The highest BCUT2D eigenvalue weighted by molar-refractivity contribution is 5.41. The SMILES string of the molecule is CC1C=CC2=CC3=C(OCC(C(C)(C)C)CO3)C(C)C2C=C1. The molecule has 0 fully saturated rings. The molecule has 0 aromatic heterocycles. The van der Waals surface area contributed by atoms with Crippen LogP contribution in [-0.4, -0.2) is 13.2 Å². The Morgan fingerprint density at radius 1 is 1.00 bits per heavy atom. The van der Waals surface area contributed by atoms with Crippen molar-refractivity contribution in [3.8, 4) is 0 Å². The average molecular weight is 300 g/mol. The zero-order valence-electron chi connectivity index (χ0n) is 14.4. The Hall–Kier alpha value is -1.44. The van der Waals surface area contributed by atoms with E-state index in [0.29, 0.717) is 23.7 Å². The van der Waals surface area contributed by atoms with Crippen molar-refractivity contribution in [2.75, 3.05) is 13.2 Å². The van der Waals surface area contributed by atoms with Gasteiger partial charge in [0, 0.05) is 17.8 Å². The molecule has 2 heteroatoms. The molecule has 0 saturated heterocycles. The molecule has 4 unspecified atom stereocenters. The predicted molar refractivity (Wildman–Crippen MR) is 90.1 cm³/mol. The standard InChI is InChI=1S/C20H28O2/c1-13-6-8-15-10-18-19(14(2)17(15)9-7-13)22-12-16(11-21-18)20(3,4)5/h6-10,13-14,16-17H,11-12H2,1-5H3. The summed E-state index contributed by atoms with van der Waals surface area (Å²) in [4.78, 5) is 0. The summed E-state index contributed by atoms with van der Waals surface area (Å²) in [5.41, 5.74) is 1.54. The van der Waals surface area contributed by atoms with Crippen LogP contribution in [0.25, 0.3) is 0 Å². The molecule has 0 bridgehead atoms. The molecule has 0 saturated carbocycles. The van der Waals surface area contributed by atoms with Crippen LogP contribution in [0.15, 0.2) is 47.5 Å². The van der Waals surface area contributed by atoms with E-state index >= 15 is 0 Å². The summed E-state index contributed by atoms with van der Waals surface area (Å²) < 4.78 is 12.4. The predicted octanol–water partition coefficient (Wildman–Crippen LogP) is 4.86. The van der Waals surface area contributed by atoms with Crippen molar-refractivity contribution in [2.45, 2.75) is 34.6 Å². The zero-order chi connectivity index (χ0) is 15.9. The largest absolute Gasteiger partial charge is 0.493 e. The average Bonchev–Trinajstić information content (AvgIpc) is 2.76. The summed E-state index contributed by atoms with van der Waals surface area (Å²) >= 11 is 0. The van der Waals surface area contributed by atoms with Gasteiger partial charge in [0.15, 0.2) is 5.76 Å². The van der Waals surface area contributed by atoms with Crippen LogP contribution in [0.4, 0.5) is 0 Å². The summed E-state index contributed by atoms with van der Waals surface area (Å²) in [5.74, 6) is 3.62. The summed E-state index contributed by atoms with van der Waals surface area (Å²) in [6, 6.07) is 0. The number of ether oxygens (including phenoxy) is 2. The smallest absolute Gasteiger partial charge is 0.157 e. The van der Waals surface area contributed by atoms with Gasteiger partial charge in [-0.1, -0.05) is 58.9 Å². The molecule has 1 heterocycles. The minimum atomic E-state index is 0.199. The monoisotopic (exact) mass is 300 g/mol. The first-order valence-electron chi connectivity index (χ1n) is 8.44. The number of fused-ring (bicyclic) bond motifs is 1. The van der Waals surface area contributed by atoms with Crippen molar-refractivity contribution in [3.05, 3.63) is 47.5 Å². The molecule has 2 aliphatic carbocycles. The lowest BCUT2D eigenvalue weighted by atomic mass is 9.81. The van der Waals surface area contributed by atoms with Gasteiger partial charge >= 0.3 is 0 Å². The Morgan fingerprint density at radius 2 is 1.73 bits per heavy atom. The van der Waals surface area contributed by atoms with E-state index in [4.69, 9.17) is 9.47 Å². The first-order valence-corrected chi connectivity index (χ1v) is 8.44. The third kappa shape index (κ3) is 2.88. The van der Waals surface area contributed by atoms with Crippen LogP contribution in [0, 0.1) is 29.1 Å². The van der Waals surface area contributed by atoms with Crippen molar-refractivity contribution in [1.29, 1.82) is 0 Å². The van der Waals surface area contributed by atoms with Gasteiger partial charge in [0.05, 0.1) is 13.2 Å². The summed E-state index contributed by atoms with van der Waals surface area (Å²) in [5, 5.41) is 0. The van der Waals surface area contributed by atoms with E-state index in [-0.39, 0.29) is 5.41 Å². The molecule has 1 aliphatic heterocycles. The van der Waals surface area contributed by atoms with Gasteiger partial charge in [-0.15, -0.1) is 0 Å². The van der Waals surface area contributed by atoms with E-state index in [0.717, 1.165) is 24.7 Å².